The second kappa shape index (κ2) is 6.26. The summed E-state index contributed by atoms with van der Waals surface area (Å²) < 4.78 is 0.947. The highest BCUT2D eigenvalue weighted by atomic mass is 127. The van der Waals surface area contributed by atoms with Gasteiger partial charge in [0, 0.05) is 29.0 Å². The van der Waals surface area contributed by atoms with Crippen molar-refractivity contribution in [2.75, 3.05) is 24.3 Å². The molecule has 0 atom stereocenters. The summed E-state index contributed by atoms with van der Waals surface area (Å²) in [5.74, 6) is -0.0800. The maximum Gasteiger partial charge on any atom is 0.256 e. The van der Waals surface area contributed by atoms with Crippen LogP contribution in [0, 0.1) is 10.5 Å². The standard InChI is InChI=1S/C16H17IN2O/c1-11-8-9-12(10-15(11)19(2)3)18-16(20)13-6-4-5-7-14(13)17/h4-10H,1-3H3,(H,18,20). The molecule has 0 radical (unpaired) electrons. The Morgan fingerprint density at radius 3 is 2.50 bits per heavy atom. The van der Waals surface area contributed by atoms with E-state index in [1.165, 1.54) is 5.56 Å². The molecule has 104 valence electrons. The molecule has 1 amide bonds. The number of carbonyl (C=O) groups is 1. The van der Waals surface area contributed by atoms with Crippen molar-refractivity contribution in [1.29, 1.82) is 0 Å². The zero-order chi connectivity index (χ0) is 14.7. The predicted octanol–water partition coefficient (Wildman–Crippen LogP) is 3.92. The molecular weight excluding hydrogens is 363 g/mol. The molecule has 0 aliphatic heterocycles. The van der Waals surface area contributed by atoms with Gasteiger partial charge in [-0.15, -0.1) is 0 Å². The number of rotatable bonds is 3. The predicted molar refractivity (Wildman–Crippen MR) is 92.6 cm³/mol. The van der Waals surface area contributed by atoms with E-state index in [-0.39, 0.29) is 5.91 Å². The zero-order valence-electron chi connectivity index (χ0n) is 11.8. The molecule has 3 nitrogen and oxygen atoms in total. The summed E-state index contributed by atoms with van der Waals surface area (Å²) in [5.41, 5.74) is 3.79. The highest BCUT2D eigenvalue weighted by molar-refractivity contribution is 14.1. The second-order valence-corrected chi connectivity index (χ2v) is 5.99. The van der Waals surface area contributed by atoms with E-state index in [9.17, 15) is 4.79 Å². The molecule has 0 saturated heterocycles. The number of aryl methyl sites for hydroxylation is 1. The fourth-order valence-corrected chi connectivity index (χ4v) is 2.65. The molecule has 0 unspecified atom stereocenters. The van der Waals surface area contributed by atoms with E-state index in [0.717, 1.165) is 14.9 Å². The largest absolute Gasteiger partial charge is 0.377 e. The third-order valence-corrected chi connectivity index (χ3v) is 4.01. The molecule has 1 N–H and O–H groups in total. The molecule has 0 saturated carbocycles. The lowest BCUT2D eigenvalue weighted by molar-refractivity contribution is 0.102. The summed E-state index contributed by atoms with van der Waals surface area (Å²) in [6, 6.07) is 13.5. The normalized spacial score (nSPS) is 10.2. The SMILES string of the molecule is Cc1ccc(NC(=O)c2ccccc2I)cc1N(C)C. The maximum atomic E-state index is 12.3. The lowest BCUT2D eigenvalue weighted by Crippen LogP contribution is -2.15. The van der Waals surface area contributed by atoms with Gasteiger partial charge in [-0.3, -0.25) is 4.79 Å². The number of anilines is 2. The summed E-state index contributed by atoms with van der Waals surface area (Å²) in [5, 5.41) is 2.95. The van der Waals surface area contributed by atoms with Crippen LogP contribution in [0.3, 0.4) is 0 Å². The highest BCUT2D eigenvalue weighted by Gasteiger charge is 2.10. The van der Waals surface area contributed by atoms with Crippen molar-refractivity contribution in [2.24, 2.45) is 0 Å². The molecule has 4 heteroatoms. The van der Waals surface area contributed by atoms with E-state index in [1.54, 1.807) is 0 Å². The molecule has 0 bridgehead atoms. The topological polar surface area (TPSA) is 32.3 Å². The van der Waals surface area contributed by atoms with Crippen LogP contribution in [0.2, 0.25) is 0 Å². The minimum Gasteiger partial charge on any atom is -0.377 e. The van der Waals surface area contributed by atoms with Gasteiger partial charge in [-0.2, -0.15) is 0 Å². The van der Waals surface area contributed by atoms with Crippen molar-refractivity contribution in [3.8, 4) is 0 Å². The number of halogens is 1. The third kappa shape index (κ3) is 3.30. The molecule has 2 rings (SSSR count). The van der Waals surface area contributed by atoms with Gasteiger partial charge in [-0.1, -0.05) is 18.2 Å². The second-order valence-electron chi connectivity index (χ2n) is 4.83. The van der Waals surface area contributed by atoms with E-state index in [4.69, 9.17) is 0 Å². The van der Waals surface area contributed by atoms with E-state index in [1.807, 2.05) is 61.5 Å². The van der Waals surface area contributed by atoms with Gasteiger partial charge in [0.25, 0.3) is 5.91 Å². The monoisotopic (exact) mass is 380 g/mol. The zero-order valence-corrected chi connectivity index (χ0v) is 13.9. The lowest BCUT2D eigenvalue weighted by Gasteiger charge is -2.17. The molecule has 2 aromatic rings. The van der Waals surface area contributed by atoms with E-state index in [0.29, 0.717) is 5.56 Å². The molecule has 0 heterocycles. The first kappa shape index (κ1) is 14.8. The summed E-state index contributed by atoms with van der Waals surface area (Å²) in [4.78, 5) is 14.3. The van der Waals surface area contributed by atoms with Gasteiger partial charge in [-0.25, -0.2) is 0 Å². The molecule has 20 heavy (non-hydrogen) atoms. The van der Waals surface area contributed by atoms with Gasteiger partial charge in [0.1, 0.15) is 0 Å². The van der Waals surface area contributed by atoms with Crippen LogP contribution < -0.4 is 10.2 Å². The number of nitrogens with zero attached hydrogens (tertiary/aromatic N) is 1. The maximum absolute atomic E-state index is 12.3. The van der Waals surface area contributed by atoms with Crippen molar-refractivity contribution in [1.82, 2.24) is 0 Å². The van der Waals surface area contributed by atoms with Gasteiger partial charge in [0.2, 0.25) is 0 Å². The van der Waals surface area contributed by atoms with Gasteiger partial charge < -0.3 is 10.2 Å². The Morgan fingerprint density at radius 1 is 1.15 bits per heavy atom. The first-order valence-corrected chi connectivity index (χ1v) is 7.41. The number of nitrogens with one attached hydrogen (secondary N) is 1. The van der Waals surface area contributed by atoms with Crippen molar-refractivity contribution < 1.29 is 4.79 Å². The Labute approximate surface area is 133 Å². The number of hydrogen-bond donors (Lipinski definition) is 1. The Hall–Kier alpha value is -1.56. The van der Waals surface area contributed by atoms with Crippen molar-refractivity contribution in [3.63, 3.8) is 0 Å². The average molecular weight is 380 g/mol. The lowest BCUT2D eigenvalue weighted by atomic mass is 10.1. The summed E-state index contributed by atoms with van der Waals surface area (Å²) >= 11 is 2.17. The van der Waals surface area contributed by atoms with Gasteiger partial charge in [-0.05, 0) is 59.3 Å². The fraction of sp³-hybridized carbons (Fsp3) is 0.188. The van der Waals surface area contributed by atoms with Crippen LogP contribution in [-0.2, 0) is 0 Å². The van der Waals surface area contributed by atoms with Crippen molar-refractivity contribution >= 4 is 39.9 Å². The summed E-state index contributed by atoms with van der Waals surface area (Å²) in [6.07, 6.45) is 0. The third-order valence-electron chi connectivity index (χ3n) is 3.07. The van der Waals surface area contributed by atoms with Crippen molar-refractivity contribution in [2.45, 2.75) is 6.92 Å². The minimum atomic E-state index is -0.0800. The number of hydrogen-bond acceptors (Lipinski definition) is 2. The van der Waals surface area contributed by atoms with Crippen molar-refractivity contribution in [3.05, 3.63) is 57.2 Å². The molecular formula is C16H17IN2O. The minimum absolute atomic E-state index is 0.0800. The fourth-order valence-electron chi connectivity index (χ4n) is 2.01. The summed E-state index contributed by atoms with van der Waals surface area (Å²) in [7, 11) is 3.99. The number of carbonyl (C=O) groups excluding carboxylic acids is 1. The quantitative estimate of drug-likeness (QED) is 0.819. The Bertz CT molecular complexity index is 638. The molecule has 0 fully saturated rings. The first-order valence-electron chi connectivity index (χ1n) is 6.33. The Balaban J connectivity index is 2.25. The first-order chi connectivity index (χ1) is 9.49. The molecule has 0 spiro atoms. The van der Waals surface area contributed by atoms with Crippen LogP contribution in [-0.4, -0.2) is 20.0 Å². The van der Waals surface area contributed by atoms with Crippen LogP contribution in [0.15, 0.2) is 42.5 Å². The number of benzene rings is 2. The Morgan fingerprint density at radius 2 is 1.85 bits per heavy atom. The van der Waals surface area contributed by atoms with Crippen LogP contribution in [0.4, 0.5) is 11.4 Å². The highest BCUT2D eigenvalue weighted by Crippen LogP contribution is 2.23. The van der Waals surface area contributed by atoms with Gasteiger partial charge >= 0.3 is 0 Å². The Kier molecular flexibility index (Phi) is 4.65. The number of amides is 1. The molecule has 0 aliphatic carbocycles. The van der Waals surface area contributed by atoms with Crippen LogP contribution >= 0.6 is 22.6 Å². The molecule has 0 aliphatic rings. The van der Waals surface area contributed by atoms with E-state index >= 15 is 0 Å². The average Bonchev–Trinajstić information content (AvgIpc) is 2.41. The van der Waals surface area contributed by atoms with E-state index in [2.05, 4.69) is 34.8 Å². The molecule has 2 aromatic carbocycles. The van der Waals surface area contributed by atoms with Crippen LogP contribution in [0.5, 0.6) is 0 Å². The van der Waals surface area contributed by atoms with Crippen LogP contribution in [0.1, 0.15) is 15.9 Å². The van der Waals surface area contributed by atoms with E-state index < -0.39 is 0 Å². The summed E-state index contributed by atoms with van der Waals surface area (Å²) in [6.45, 7) is 2.06. The smallest absolute Gasteiger partial charge is 0.256 e. The van der Waals surface area contributed by atoms with Crippen LogP contribution in [0.25, 0.3) is 0 Å². The van der Waals surface area contributed by atoms with Gasteiger partial charge in [0.15, 0.2) is 0 Å². The van der Waals surface area contributed by atoms with Gasteiger partial charge in [0.05, 0.1) is 5.56 Å². The molecule has 0 aromatic heterocycles.